The summed E-state index contributed by atoms with van der Waals surface area (Å²) in [5.74, 6) is 0.262. The Morgan fingerprint density at radius 3 is 2.94 bits per heavy atom. The van der Waals surface area contributed by atoms with Crippen LogP contribution in [0, 0.1) is 0 Å². The molecule has 1 heterocycles. The minimum absolute atomic E-state index is 0.260. The van der Waals surface area contributed by atoms with Crippen molar-refractivity contribution >= 4 is 5.97 Å². The third kappa shape index (κ3) is 2.10. The van der Waals surface area contributed by atoms with Crippen molar-refractivity contribution in [3.63, 3.8) is 0 Å². The van der Waals surface area contributed by atoms with Crippen molar-refractivity contribution in [2.45, 2.75) is 45.1 Å². The zero-order valence-corrected chi connectivity index (χ0v) is 9.90. The Labute approximate surface area is 95.6 Å². The van der Waals surface area contributed by atoms with Crippen molar-refractivity contribution in [3.05, 3.63) is 17.5 Å². The second-order valence-electron chi connectivity index (χ2n) is 4.29. The number of aromatic nitrogens is 2. The van der Waals surface area contributed by atoms with Gasteiger partial charge in [0.1, 0.15) is 5.56 Å². The molecule has 1 fully saturated rings. The number of unbranched alkanes of at least 4 members (excludes halogenated alkanes) is 1. The topological polar surface area (TPSA) is 44.1 Å². The molecule has 0 saturated heterocycles. The second-order valence-corrected chi connectivity index (χ2v) is 4.29. The molecule has 1 aromatic rings. The van der Waals surface area contributed by atoms with Gasteiger partial charge in [-0.05, 0) is 19.3 Å². The predicted molar refractivity (Wildman–Crippen MR) is 60.4 cm³/mol. The molecule has 0 spiro atoms. The molecule has 2 rings (SSSR count). The average Bonchev–Trinajstić information content (AvgIpc) is 3.06. The molecule has 4 heteroatoms. The van der Waals surface area contributed by atoms with Gasteiger partial charge in [-0.1, -0.05) is 13.3 Å². The van der Waals surface area contributed by atoms with E-state index in [0.29, 0.717) is 11.5 Å². The highest BCUT2D eigenvalue weighted by molar-refractivity contribution is 5.90. The van der Waals surface area contributed by atoms with Crippen LogP contribution in [0.5, 0.6) is 0 Å². The summed E-state index contributed by atoms with van der Waals surface area (Å²) >= 11 is 0. The minimum atomic E-state index is -0.260. The van der Waals surface area contributed by atoms with Crippen LogP contribution in [0.15, 0.2) is 6.20 Å². The first-order valence-electron chi connectivity index (χ1n) is 5.92. The highest BCUT2D eigenvalue weighted by atomic mass is 16.5. The molecule has 0 aliphatic heterocycles. The highest BCUT2D eigenvalue weighted by Crippen LogP contribution is 2.41. The van der Waals surface area contributed by atoms with Crippen molar-refractivity contribution in [1.82, 2.24) is 9.78 Å². The lowest BCUT2D eigenvalue weighted by Gasteiger charge is -2.07. The normalized spacial score (nSPS) is 15.1. The molecule has 1 aliphatic carbocycles. The molecule has 0 radical (unpaired) electrons. The van der Waals surface area contributed by atoms with E-state index in [4.69, 9.17) is 4.74 Å². The van der Waals surface area contributed by atoms with Gasteiger partial charge in [-0.2, -0.15) is 5.10 Å². The Morgan fingerprint density at radius 1 is 1.62 bits per heavy atom. The second kappa shape index (κ2) is 4.68. The molecule has 1 aliphatic rings. The summed E-state index contributed by atoms with van der Waals surface area (Å²) in [6, 6.07) is 0. The number of ether oxygens (including phenoxy) is 1. The average molecular weight is 222 g/mol. The van der Waals surface area contributed by atoms with E-state index in [9.17, 15) is 4.79 Å². The van der Waals surface area contributed by atoms with Crippen LogP contribution in [0.4, 0.5) is 0 Å². The predicted octanol–water partition coefficient (Wildman–Crippen LogP) is 2.35. The summed E-state index contributed by atoms with van der Waals surface area (Å²) < 4.78 is 6.76. The Kier molecular flexibility index (Phi) is 3.27. The third-order valence-electron chi connectivity index (χ3n) is 2.97. The minimum Gasteiger partial charge on any atom is -0.465 e. The molecule has 1 saturated carbocycles. The fourth-order valence-corrected chi connectivity index (χ4v) is 1.94. The smallest absolute Gasteiger partial charge is 0.341 e. The summed E-state index contributed by atoms with van der Waals surface area (Å²) in [5.41, 5.74) is 1.74. The molecule has 1 aromatic heterocycles. The first-order chi connectivity index (χ1) is 7.77. The molecule has 0 amide bonds. The zero-order valence-electron chi connectivity index (χ0n) is 9.90. The van der Waals surface area contributed by atoms with E-state index >= 15 is 0 Å². The van der Waals surface area contributed by atoms with Gasteiger partial charge in [0.15, 0.2) is 0 Å². The number of methoxy groups -OCH3 is 1. The van der Waals surface area contributed by atoms with Gasteiger partial charge in [0.05, 0.1) is 19.0 Å². The molecule has 0 atom stereocenters. The molecule has 16 heavy (non-hydrogen) atoms. The van der Waals surface area contributed by atoms with Crippen LogP contribution in [0.3, 0.4) is 0 Å². The van der Waals surface area contributed by atoms with E-state index < -0.39 is 0 Å². The maximum atomic E-state index is 11.6. The summed E-state index contributed by atoms with van der Waals surface area (Å²) in [5, 5.41) is 4.30. The Bertz CT molecular complexity index is 380. The zero-order chi connectivity index (χ0) is 11.5. The van der Waals surface area contributed by atoms with Crippen LogP contribution in [0.25, 0.3) is 0 Å². The first kappa shape index (κ1) is 11.2. The Balaban J connectivity index is 2.24. The number of carbonyl (C=O) groups excluding carboxylic acids is 1. The maximum absolute atomic E-state index is 11.6. The van der Waals surface area contributed by atoms with Gasteiger partial charge >= 0.3 is 5.97 Å². The van der Waals surface area contributed by atoms with Gasteiger partial charge in [-0.25, -0.2) is 4.79 Å². The standard InChI is InChI=1S/C12H18N2O2/c1-3-4-7-14-11(9-5-6-9)10(8-13-14)12(15)16-2/h8-9H,3-7H2,1-2H3. The SMILES string of the molecule is CCCCn1ncc(C(=O)OC)c1C1CC1. The van der Waals surface area contributed by atoms with Gasteiger partial charge in [-0.3, -0.25) is 4.68 Å². The fourth-order valence-electron chi connectivity index (χ4n) is 1.94. The molecule has 0 aromatic carbocycles. The summed E-state index contributed by atoms with van der Waals surface area (Å²) in [4.78, 5) is 11.6. The van der Waals surface area contributed by atoms with E-state index in [2.05, 4.69) is 12.0 Å². The molecule has 0 N–H and O–H groups in total. The molecular formula is C12H18N2O2. The van der Waals surface area contributed by atoms with E-state index in [-0.39, 0.29) is 5.97 Å². The van der Waals surface area contributed by atoms with Crippen LogP contribution in [-0.4, -0.2) is 22.9 Å². The fraction of sp³-hybridized carbons (Fsp3) is 0.667. The third-order valence-corrected chi connectivity index (χ3v) is 2.97. The largest absolute Gasteiger partial charge is 0.465 e. The lowest BCUT2D eigenvalue weighted by molar-refractivity contribution is 0.0599. The van der Waals surface area contributed by atoms with Crippen LogP contribution in [-0.2, 0) is 11.3 Å². The van der Waals surface area contributed by atoms with Gasteiger partial charge in [0.25, 0.3) is 0 Å². The summed E-state index contributed by atoms with van der Waals surface area (Å²) in [6.45, 7) is 3.06. The number of nitrogens with zero attached hydrogens (tertiary/aromatic N) is 2. The van der Waals surface area contributed by atoms with Crippen molar-refractivity contribution in [1.29, 1.82) is 0 Å². The maximum Gasteiger partial charge on any atom is 0.341 e. The van der Waals surface area contributed by atoms with Crippen molar-refractivity contribution < 1.29 is 9.53 Å². The quantitative estimate of drug-likeness (QED) is 0.718. The number of aryl methyl sites for hydroxylation is 1. The first-order valence-corrected chi connectivity index (χ1v) is 5.92. The highest BCUT2D eigenvalue weighted by Gasteiger charge is 2.32. The van der Waals surface area contributed by atoms with E-state index in [0.717, 1.165) is 25.1 Å². The van der Waals surface area contributed by atoms with Crippen molar-refractivity contribution in [2.24, 2.45) is 0 Å². The van der Waals surface area contributed by atoms with Gasteiger partial charge < -0.3 is 4.74 Å². The molecule has 0 bridgehead atoms. The van der Waals surface area contributed by atoms with Gasteiger partial charge in [0, 0.05) is 12.5 Å². The summed E-state index contributed by atoms with van der Waals surface area (Å²) in [7, 11) is 1.42. The summed E-state index contributed by atoms with van der Waals surface area (Å²) in [6.07, 6.45) is 6.22. The van der Waals surface area contributed by atoms with Crippen LogP contribution >= 0.6 is 0 Å². The van der Waals surface area contributed by atoms with Crippen LogP contribution < -0.4 is 0 Å². The Morgan fingerprint density at radius 2 is 2.38 bits per heavy atom. The van der Waals surface area contributed by atoms with E-state index in [1.165, 1.54) is 20.0 Å². The number of hydrogen-bond acceptors (Lipinski definition) is 3. The lowest BCUT2D eigenvalue weighted by Crippen LogP contribution is -2.08. The lowest BCUT2D eigenvalue weighted by atomic mass is 10.2. The molecule has 88 valence electrons. The van der Waals surface area contributed by atoms with E-state index in [1.54, 1.807) is 6.20 Å². The number of esters is 1. The van der Waals surface area contributed by atoms with Crippen molar-refractivity contribution in [2.75, 3.05) is 7.11 Å². The van der Waals surface area contributed by atoms with Gasteiger partial charge in [0.2, 0.25) is 0 Å². The van der Waals surface area contributed by atoms with Gasteiger partial charge in [-0.15, -0.1) is 0 Å². The molecule has 0 unspecified atom stereocenters. The Hall–Kier alpha value is -1.32. The van der Waals surface area contributed by atoms with Crippen LogP contribution in [0.1, 0.15) is 54.6 Å². The number of hydrogen-bond donors (Lipinski definition) is 0. The monoisotopic (exact) mass is 222 g/mol. The number of rotatable bonds is 5. The van der Waals surface area contributed by atoms with Crippen LogP contribution in [0.2, 0.25) is 0 Å². The molecular weight excluding hydrogens is 204 g/mol. The molecule has 4 nitrogen and oxygen atoms in total. The number of carbonyl (C=O) groups is 1. The van der Waals surface area contributed by atoms with Crippen molar-refractivity contribution in [3.8, 4) is 0 Å². The van der Waals surface area contributed by atoms with E-state index in [1.807, 2.05) is 4.68 Å².